The molecule has 0 bridgehead atoms. The maximum Gasteiger partial charge on any atom is 0.262 e. The number of carbonyl (C=O) groups excluding carboxylic acids is 3. The van der Waals surface area contributed by atoms with Crippen LogP contribution >= 0.6 is 0 Å². The molecule has 0 saturated heterocycles. The van der Waals surface area contributed by atoms with Crippen LogP contribution in [0.25, 0.3) is 10.8 Å². The molecule has 1 aliphatic rings. The van der Waals surface area contributed by atoms with E-state index >= 15 is 0 Å². The topological polar surface area (TPSA) is 79.4 Å². The van der Waals surface area contributed by atoms with Gasteiger partial charge in [0.05, 0.1) is 16.8 Å². The maximum atomic E-state index is 12.4. The fraction of sp³-hybridized carbons (Fsp3) is 0.0526. The van der Waals surface area contributed by atoms with Crippen molar-refractivity contribution in [3.8, 4) is 0 Å². The zero-order chi connectivity index (χ0) is 17.4. The van der Waals surface area contributed by atoms with Crippen LogP contribution in [0.15, 0.2) is 60.9 Å². The Bertz CT molecular complexity index is 989. The van der Waals surface area contributed by atoms with Crippen molar-refractivity contribution in [3.05, 3.63) is 72.1 Å². The molecular formula is C19H13N3O3. The predicted octanol–water partition coefficient (Wildman–Crippen LogP) is 2.47. The van der Waals surface area contributed by atoms with Crippen LogP contribution in [0, 0.1) is 0 Å². The van der Waals surface area contributed by atoms with E-state index in [1.165, 1.54) is 0 Å². The van der Waals surface area contributed by atoms with Crippen molar-refractivity contribution in [1.29, 1.82) is 0 Å². The van der Waals surface area contributed by atoms with Crippen molar-refractivity contribution < 1.29 is 14.4 Å². The van der Waals surface area contributed by atoms with E-state index in [1.54, 1.807) is 42.7 Å². The van der Waals surface area contributed by atoms with Gasteiger partial charge in [0.25, 0.3) is 11.8 Å². The number of hydrogen-bond donors (Lipinski definition) is 1. The predicted molar refractivity (Wildman–Crippen MR) is 92.2 cm³/mol. The molecule has 6 heteroatoms. The number of hydrogen-bond acceptors (Lipinski definition) is 4. The Kier molecular flexibility index (Phi) is 3.50. The minimum atomic E-state index is -0.449. The fourth-order valence-corrected chi connectivity index (χ4v) is 2.94. The van der Waals surface area contributed by atoms with Gasteiger partial charge in [-0.25, -0.2) is 0 Å². The van der Waals surface area contributed by atoms with Gasteiger partial charge < -0.3 is 5.32 Å². The number of amides is 3. The van der Waals surface area contributed by atoms with E-state index in [4.69, 9.17) is 0 Å². The molecule has 3 aromatic rings. The number of aromatic nitrogens is 1. The first kappa shape index (κ1) is 15.0. The largest absolute Gasteiger partial charge is 0.324 e. The number of benzene rings is 2. The van der Waals surface area contributed by atoms with Gasteiger partial charge in [0, 0.05) is 17.8 Å². The summed E-state index contributed by atoms with van der Waals surface area (Å²) in [6.07, 6.45) is 3.33. The molecule has 0 saturated carbocycles. The zero-order valence-electron chi connectivity index (χ0n) is 13.1. The van der Waals surface area contributed by atoms with Crippen molar-refractivity contribution in [2.75, 3.05) is 11.9 Å². The summed E-state index contributed by atoms with van der Waals surface area (Å²) in [6, 6.07) is 13.9. The number of nitrogens with one attached hydrogen (secondary N) is 1. The number of fused-ring (bicyclic) bond motifs is 2. The summed E-state index contributed by atoms with van der Waals surface area (Å²) < 4.78 is 0. The third-order valence-electron chi connectivity index (χ3n) is 4.14. The fourth-order valence-electron chi connectivity index (χ4n) is 2.94. The Morgan fingerprint density at radius 3 is 2.40 bits per heavy atom. The summed E-state index contributed by atoms with van der Waals surface area (Å²) in [5, 5.41) is 4.49. The number of pyridine rings is 1. The summed E-state index contributed by atoms with van der Waals surface area (Å²) in [7, 11) is 0. The third-order valence-corrected chi connectivity index (χ3v) is 4.14. The highest BCUT2D eigenvalue weighted by molar-refractivity contribution is 6.22. The second-order valence-electron chi connectivity index (χ2n) is 5.69. The molecule has 3 amide bonds. The van der Waals surface area contributed by atoms with E-state index in [2.05, 4.69) is 10.3 Å². The highest BCUT2D eigenvalue weighted by Gasteiger charge is 2.36. The molecule has 1 N–H and O–H groups in total. The zero-order valence-corrected chi connectivity index (χ0v) is 13.1. The van der Waals surface area contributed by atoms with Crippen LogP contribution in [-0.4, -0.2) is 34.2 Å². The van der Waals surface area contributed by atoms with E-state index in [1.807, 2.05) is 18.2 Å². The molecule has 122 valence electrons. The Morgan fingerprint density at radius 2 is 1.68 bits per heavy atom. The molecule has 0 atom stereocenters. The van der Waals surface area contributed by atoms with Crippen LogP contribution in [0.3, 0.4) is 0 Å². The van der Waals surface area contributed by atoms with Gasteiger partial charge in [-0.05, 0) is 29.7 Å². The van der Waals surface area contributed by atoms with E-state index in [9.17, 15) is 14.4 Å². The van der Waals surface area contributed by atoms with Gasteiger partial charge in [-0.2, -0.15) is 0 Å². The second kappa shape index (κ2) is 5.83. The van der Waals surface area contributed by atoms with Crippen LogP contribution in [0.1, 0.15) is 20.7 Å². The first-order chi connectivity index (χ1) is 12.1. The summed E-state index contributed by atoms with van der Waals surface area (Å²) in [6.45, 7) is -0.330. The molecule has 0 unspecified atom stereocenters. The Labute approximate surface area is 143 Å². The number of anilines is 1. The average Bonchev–Trinajstić information content (AvgIpc) is 2.87. The average molecular weight is 331 g/mol. The van der Waals surface area contributed by atoms with Crippen molar-refractivity contribution in [2.24, 2.45) is 0 Å². The Balaban J connectivity index is 1.55. The van der Waals surface area contributed by atoms with Gasteiger partial charge in [-0.1, -0.05) is 24.3 Å². The Hall–Kier alpha value is -3.54. The molecule has 25 heavy (non-hydrogen) atoms. The lowest BCUT2D eigenvalue weighted by Gasteiger charge is -2.14. The number of imide groups is 1. The summed E-state index contributed by atoms with van der Waals surface area (Å²) >= 11 is 0. The van der Waals surface area contributed by atoms with E-state index < -0.39 is 17.7 Å². The first-order valence-corrected chi connectivity index (χ1v) is 7.73. The lowest BCUT2D eigenvalue weighted by atomic mass is 10.1. The molecule has 0 spiro atoms. The molecule has 0 radical (unpaired) electrons. The van der Waals surface area contributed by atoms with Crippen LogP contribution in [-0.2, 0) is 4.79 Å². The van der Waals surface area contributed by atoms with E-state index in [0.717, 1.165) is 15.7 Å². The molecule has 0 fully saturated rings. The molecule has 4 rings (SSSR count). The van der Waals surface area contributed by atoms with E-state index in [-0.39, 0.29) is 6.54 Å². The van der Waals surface area contributed by atoms with Gasteiger partial charge in [0.2, 0.25) is 5.91 Å². The van der Waals surface area contributed by atoms with Gasteiger partial charge in [-0.3, -0.25) is 24.3 Å². The Morgan fingerprint density at radius 1 is 0.960 bits per heavy atom. The minimum absolute atomic E-state index is 0.328. The number of rotatable bonds is 3. The van der Waals surface area contributed by atoms with Crippen molar-refractivity contribution in [1.82, 2.24) is 9.88 Å². The highest BCUT2D eigenvalue weighted by atomic mass is 16.2. The maximum absolute atomic E-state index is 12.4. The molecule has 0 aliphatic carbocycles. The minimum Gasteiger partial charge on any atom is -0.324 e. The quantitative estimate of drug-likeness (QED) is 0.748. The van der Waals surface area contributed by atoms with Crippen LogP contribution < -0.4 is 5.32 Å². The monoisotopic (exact) mass is 331 g/mol. The SMILES string of the molecule is O=C(CN1C(=O)c2ccccc2C1=O)Nc1cccc2ccncc12. The summed E-state index contributed by atoms with van der Waals surface area (Å²) in [5.74, 6) is -1.34. The van der Waals surface area contributed by atoms with Gasteiger partial charge in [0.1, 0.15) is 6.54 Å². The second-order valence-corrected chi connectivity index (χ2v) is 5.69. The highest BCUT2D eigenvalue weighted by Crippen LogP contribution is 2.24. The standard InChI is InChI=1S/C19H13N3O3/c23-17(21-16-7-3-4-12-8-9-20-10-15(12)16)11-22-18(24)13-5-1-2-6-14(13)19(22)25/h1-10H,11H2,(H,21,23). The molecule has 2 aromatic carbocycles. The third kappa shape index (κ3) is 2.53. The van der Waals surface area contributed by atoms with Crippen LogP contribution in [0.4, 0.5) is 5.69 Å². The first-order valence-electron chi connectivity index (χ1n) is 7.73. The number of carbonyl (C=O) groups is 3. The van der Waals surface area contributed by atoms with Gasteiger partial charge in [-0.15, -0.1) is 0 Å². The van der Waals surface area contributed by atoms with E-state index in [0.29, 0.717) is 16.8 Å². The lowest BCUT2D eigenvalue weighted by Crippen LogP contribution is -2.37. The normalized spacial score (nSPS) is 13.2. The summed E-state index contributed by atoms with van der Waals surface area (Å²) in [5.41, 5.74) is 1.25. The summed E-state index contributed by atoms with van der Waals surface area (Å²) in [4.78, 5) is 42.0. The number of nitrogens with zero attached hydrogens (tertiary/aromatic N) is 2. The molecule has 6 nitrogen and oxygen atoms in total. The molecular weight excluding hydrogens is 318 g/mol. The van der Waals surface area contributed by atoms with Crippen LogP contribution in [0.2, 0.25) is 0 Å². The van der Waals surface area contributed by atoms with Gasteiger partial charge >= 0.3 is 0 Å². The van der Waals surface area contributed by atoms with Crippen LogP contribution in [0.5, 0.6) is 0 Å². The van der Waals surface area contributed by atoms with Gasteiger partial charge in [0.15, 0.2) is 0 Å². The molecule has 1 aromatic heterocycles. The lowest BCUT2D eigenvalue weighted by molar-refractivity contribution is -0.116. The smallest absolute Gasteiger partial charge is 0.262 e. The molecule has 1 aliphatic heterocycles. The van der Waals surface area contributed by atoms with Crippen molar-refractivity contribution in [3.63, 3.8) is 0 Å². The van der Waals surface area contributed by atoms with Crippen molar-refractivity contribution >= 4 is 34.2 Å². The molecule has 2 heterocycles. The van der Waals surface area contributed by atoms with Crippen molar-refractivity contribution in [2.45, 2.75) is 0 Å².